The highest BCUT2D eigenvalue weighted by Crippen LogP contribution is 2.32. The van der Waals surface area contributed by atoms with Crippen LogP contribution in [0.1, 0.15) is 13.8 Å². The Balaban J connectivity index is 2.38. The molecule has 1 atom stereocenters. The quantitative estimate of drug-likeness (QED) is 0.449. The fraction of sp³-hybridized carbons (Fsp3) is 0.500. The Morgan fingerprint density at radius 2 is 2.33 bits per heavy atom. The average Bonchev–Trinajstić information content (AvgIpc) is 2.27. The summed E-state index contributed by atoms with van der Waals surface area (Å²) in [7, 11) is 0. The van der Waals surface area contributed by atoms with Crippen LogP contribution in [0.15, 0.2) is 21.4 Å². The summed E-state index contributed by atoms with van der Waals surface area (Å²) in [4.78, 5) is 8.29. The SMILES string of the molecule is CC1(C)C=NC2=C1C=NC(Cl)N2. The van der Waals surface area contributed by atoms with Gasteiger partial charge in [-0.25, -0.2) is 4.99 Å². The molecule has 4 heteroatoms. The second-order valence-corrected chi connectivity index (χ2v) is 3.91. The van der Waals surface area contributed by atoms with Crippen molar-refractivity contribution in [2.75, 3.05) is 0 Å². The van der Waals surface area contributed by atoms with Crippen LogP contribution in [0.2, 0.25) is 0 Å². The predicted octanol–water partition coefficient (Wildman–Crippen LogP) is 1.50. The minimum atomic E-state index is -0.366. The molecule has 0 fully saturated rings. The van der Waals surface area contributed by atoms with E-state index in [-0.39, 0.29) is 11.0 Å². The summed E-state index contributed by atoms with van der Waals surface area (Å²) < 4.78 is 0. The van der Waals surface area contributed by atoms with E-state index in [1.165, 1.54) is 0 Å². The van der Waals surface area contributed by atoms with Crippen LogP contribution >= 0.6 is 11.6 Å². The molecule has 2 heterocycles. The molecular weight excluding hydrogens is 174 g/mol. The summed E-state index contributed by atoms with van der Waals surface area (Å²) in [6, 6.07) is 0. The van der Waals surface area contributed by atoms with Crippen molar-refractivity contribution >= 4 is 24.0 Å². The summed E-state index contributed by atoms with van der Waals surface area (Å²) in [6.07, 6.45) is 3.71. The Bertz CT molecular complexity index is 301. The van der Waals surface area contributed by atoms with Crippen molar-refractivity contribution in [3.8, 4) is 0 Å². The molecule has 12 heavy (non-hydrogen) atoms. The molecule has 0 aromatic heterocycles. The first kappa shape index (κ1) is 7.80. The number of hydrogen-bond donors (Lipinski definition) is 1. The smallest absolute Gasteiger partial charge is 0.196 e. The van der Waals surface area contributed by atoms with Crippen molar-refractivity contribution in [2.24, 2.45) is 15.4 Å². The predicted molar refractivity (Wildman–Crippen MR) is 50.6 cm³/mol. The lowest BCUT2D eigenvalue weighted by molar-refractivity contribution is 0.654. The minimum absolute atomic E-state index is 0.0110. The fourth-order valence-electron chi connectivity index (χ4n) is 1.30. The molecule has 0 saturated carbocycles. The molecule has 0 bridgehead atoms. The van der Waals surface area contributed by atoms with Gasteiger partial charge in [-0.1, -0.05) is 25.4 Å². The zero-order chi connectivity index (χ0) is 8.77. The Labute approximate surface area is 76.2 Å². The molecule has 1 N–H and O–H groups in total. The van der Waals surface area contributed by atoms with Crippen molar-refractivity contribution < 1.29 is 0 Å². The number of rotatable bonds is 0. The van der Waals surface area contributed by atoms with Gasteiger partial charge >= 0.3 is 0 Å². The zero-order valence-corrected chi connectivity index (χ0v) is 7.76. The van der Waals surface area contributed by atoms with Crippen LogP contribution < -0.4 is 5.32 Å². The van der Waals surface area contributed by atoms with E-state index in [2.05, 4.69) is 29.1 Å². The maximum atomic E-state index is 5.76. The third kappa shape index (κ3) is 1.05. The van der Waals surface area contributed by atoms with Gasteiger partial charge in [-0.15, -0.1) is 0 Å². The number of aliphatic imine (C=N–C) groups is 2. The van der Waals surface area contributed by atoms with Gasteiger partial charge < -0.3 is 5.32 Å². The molecule has 0 saturated heterocycles. The first-order valence-corrected chi connectivity index (χ1v) is 4.27. The summed E-state index contributed by atoms with van der Waals surface area (Å²) in [5.41, 5.74) is 0.734. The molecule has 0 spiro atoms. The molecule has 2 aliphatic rings. The number of nitrogens with one attached hydrogen (secondary N) is 1. The van der Waals surface area contributed by atoms with Crippen LogP contribution in [0.5, 0.6) is 0 Å². The monoisotopic (exact) mass is 183 g/mol. The third-order valence-electron chi connectivity index (χ3n) is 2.06. The van der Waals surface area contributed by atoms with Crippen LogP contribution in [0.3, 0.4) is 0 Å². The number of allylic oxidation sites excluding steroid dienone is 1. The Hall–Kier alpha value is -0.830. The number of alkyl halides is 1. The first-order chi connectivity index (χ1) is 5.59. The van der Waals surface area contributed by atoms with Crippen molar-refractivity contribution in [1.82, 2.24) is 5.32 Å². The van der Waals surface area contributed by atoms with Crippen LogP contribution in [-0.2, 0) is 0 Å². The third-order valence-corrected chi connectivity index (χ3v) is 2.28. The van der Waals surface area contributed by atoms with Gasteiger partial charge in [0.05, 0.1) is 0 Å². The molecule has 0 radical (unpaired) electrons. The van der Waals surface area contributed by atoms with Gasteiger partial charge in [0.2, 0.25) is 0 Å². The van der Waals surface area contributed by atoms with Gasteiger partial charge in [0, 0.05) is 23.4 Å². The molecule has 2 rings (SSSR count). The highest BCUT2D eigenvalue weighted by Gasteiger charge is 2.31. The molecule has 0 aromatic rings. The number of halogens is 1. The summed E-state index contributed by atoms with van der Waals surface area (Å²) in [5.74, 6) is 0.856. The molecule has 0 aromatic carbocycles. The van der Waals surface area contributed by atoms with E-state index < -0.39 is 0 Å². The summed E-state index contributed by atoms with van der Waals surface area (Å²) in [5, 5.41) is 2.98. The van der Waals surface area contributed by atoms with Gasteiger partial charge in [-0.3, -0.25) is 4.99 Å². The van der Waals surface area contributed by atoms with Crippen LogP contribution in [-0.4, -0.2) is 18.1 Å². The van der Waals surface area contributed by atoms with E-state index in [1.807, 2.05) is 6.21 Å². The lowest BCUT2D eigenvalue weighted by atomic mass is 9.87. The first-order valence-electron chi connectivity index (χ1n) is 3.83. The highest BCUT2D eigenvalue weighted by molar-refractivity contribution is 6.21. The van der Waals surface area contributed by atoms with Gasteiger partial charge in [0.25, 0.3) is 0 Å². The maximum absolute atomic E-state index is 5.76. The number of nitrogens with zero attached hydrogens (tertiary/aromatic N) is 2. The zero-order valence-electron chi connectivity index (χ0n) is 7.00. The van der Waals surface area contributed by atoms with Crippen LogP contribution in [0, 0.1) is 5.41 Å². The summed E-state index contributed by atoms with van der Waals surface area (Å²) >= 11 is 5.76. The lowest BCUT2D eigenvalue weighted by Crippen LogP contribution is -2.27. The number of hydrogen-bond acceptors (Lipinski definition) is 3. The molecule has 0 amide bonds. The van der Waals surface area contributed by atoms with E-state index in [0.29, 0.717) is 0 Å². The van der Waals surface area contributed by atoms with Crippen molar-refractivity contribution in [3.05, 3.63) is 11.4 Å². The Morgan fingerprint density at radius 1 is 1.58 bits per heavy atom. The second-order valence-electron chi connectivity index (χ2n) is 3.50. The van der Waals surface area contributed by atoms with Crippen molar-refractivity contribution in [3.63, 3.8) is 0 Å². The van der Waals surface area contributed by atoms with E-state index >= 15 is 0 Å². The largest absolute Gasteiger partial charge is 0.336 e. The molecule has 0 aliphatic carbocycles. The van der Waals surface area contributed by atoms with Gasteiger partial charge in [-0.2, -0.15) is 0 Å². The van der Waals surface area contributed by atoms with E-state index in [9.17, 15) is 0 Å². The molecule has 1 unspecified atom stereocenters. The fourth-order valence-corrected chi connectivity index (χ4v) is 1.46. The van der Waals surface area contributed by atoms with E-state index in [1.54, 1.807) is 6.21 Å². The normalized spacial score (nSPS) is 30.4. The van der Waals surface area contributed by atoms with Gasteiger partial charge in [-0.05, 0) is 0 Å². The molecule has 3 nitrogen and oxygen atoms in total. The van der Waals surface area contributed by atoms with Crippen molar-refractivity contribution in [1.29, 1.82) is 0 Å². The molecule has 2 aliphatic heterocycles. The standard InChI is InChI=1S/C8H10ClN3/c1-8(2)4-11-6-5(8)3-10-7(9)12-6/h3-4,7,12H,1-2H3. The Morgan fingerprint density at radius 3 is 3.08 bits per heavy atom. The lowest BCUT2D eigenvalue weighted by Gasteiger charge is -2.20. The summed E-state index contributed by atoms with van der Waals surface area (Å²) in [6.45, 7) is 4.20. The molecule has 64 valence electrons. The maximum Gasteiger partial charge on any atom is 0.196 e. The molecular formula is C8H10ClN3. The van der Waals surface area contributed by atoms with Crippen LogP contribution in [0.25, 0.3) is 0 Å². The topological polar surface area (TPSA) is 36.8 Å². The highest BCUT2D eigenvalue weighted by atomic mass is 35.5. The minimum Gasteiger partial charge on any atom is -0.336 e. The van der Waals surface area contributed by atoms with Crippen molar-refractivity contribution in [2.45, 2.75) is 19.5 Å². The van der Waals surface area contributed by atoms with E-state index in [4.69, 9.17) is 11.6 Å². The second kappa shape index (κ2) is 2.33. The Kier molecular flexibility index (Phi) is 1.51. The van der Waals surface area contributed by atoms with Gasteiger partial charge in [0.1, 0.15) is 5.82 Å². The van der Waals surface area contributed by atoms with E-state index in [0.717, 1.165) is 11.4 Å². The average molecular weight is 184 g/mol. The van der Waals surface area contributed by atoms with Gasteiger partial charge in [0.15, 0.2) is 5.62 Å². The van der Waals surface area contributed by atoms with Crippen LogP contribution in [0.4, 0.5) is 0 Å².